The summed E-state index contributed by atoms with van der Waals surface area (Å²) in [6, 6.07) is 0. The van der Waals surface area contributed by atoms with E-state index in [1.165, 1.54) is 13.0 Å². The van der Waals surface area contributed by atoms with Crippen LogP contribution in [0.3, 0.4) is 0 Å². The Balaban J connectivity index is 3.27. The number of hydrogen-bond donors (Lipinski definition) is 0. The minimum absolute atomic E-state index is 0.00937. The molecule has 0 amide bonds. The summed E-state index contributed by atoms with van der Waals surface area (Å²) >= 11 is 0. The molecule has 92 valence electrons. The monoisotopic (exact) mass is 235 g/mol. The third-order valence-corrected chi connectivity index (χ3v) is 2.32. The summed E-state index contributed by atoms with van der Waals surface area (Å²) in [4.78, 5) is 15.2. The van der Waals surface area contributed by atoms with Crippen LogP contribution in [0.4, 0.5) is 0 Å². The predicted molar refractivity (Wildman–Crippen MR) is 66.0 cm³/mol. The number of ketones is 1. The smallest absolute Gasteiger partial charge is 0.152 e. The van der Waals surface area contributed by atoms with Gasteiger partial charge in [0.2, 0.25) is 0 Å². The van der Waals surface area contributed by atoms with Gasteiger partial charge in [0, 0.05) is 24.4 Å². The van der Waals surface area contributed by atoms with Crippen molar-refractivity contribution in [1.29, 1.82) is 0 Å². The fourth-order valence-electron chi connectivity index (χ4n) is 1.56. The highest BCUT2D eigenvalue weighted by atomic mass is 16.5. The van der Waals surface area contributed by atoms with E-state index in [1.54, 1.807) is 26.5 Å². The summed E-state index contributed by atoms with van der Waals surface area (Å²) < 4.78 is 10.4. The molecule has 0 N–H and O–H groups in total. The van der Waals surface area contributed by atoms with Crippen molar-refractivity contribution in [1.82, 2.24) is 4.98 Å². The molecule has 0 radical (unpaired) electrons. The lowest BCUT2D eigenvalue weighted by molar-refractivity contribution is -0.112. The minimum atomic E-state index is -0.00937. The normalized spacial score (nSPS) is 10.8. The van der Waals surface area contributed by atoms with E-state index in [9.17, 15) is 4.79 Å². The van der Waals surface area contributed by atoms with E-state index >= 15 is 0 Å². The number of aromatic nitrogens is 1. The number of methoxy groups -OCH3 is 2. The van der Waals surface area contributed by atoms with Crippen molar-refractivity contribution in [3.05, 3.63) is 29.1 Å². The van der Waals surface area contributed by atoms with Gasteiger partial charge in [-0.3, -0.25) is 9.78 Å². The zero-order valence-electron chi connectivity index (χ0n) is 10.6. The van der Waals surface area contributed by atoms with Gasteiger partial charge in [-0.25, -0.2) is 0 Å². The molecule has 0 spiro atoms. The number of carbonyl (C=O) groups excluding carboxylic acids is 1. The Morgan fingerprint density at radius 2 is 2.18 bits per heavy atom. The second-order valence-corrected chi connectivity index (χ2v) is 3.69. The largest absolute Gasteiger partial charge is 0.494 e. The van der Waals surface area contributed by atoms with E-state index in [4.69, 9.17) is 9.47 Å². The number of aryl methyl sites for hydroxylation is 1. The first-order chi connectivity index (χ1) is 8.10. The molecule has 0 atom stereocenters. The molecular weight excluding hydrogens is 218 g/mol. The topological polar surface area (TPSA) is 48.4 Å². The number of carbonyl (C=O) groups is 1. The van der Waals surface area contributed by atoms with Crippen molar-refractivity contribution in [2.24, 2.45) is 0 Å². The lowest BCUT2D eigenvalue weighted by Gasteiger charge is -2.12. The Hall–Kier alpha value is -1.68. The molecule has 0 saturated heterocycles. The van der Waals surface area contributed by atoms with Gasteiger partial charge in [-0.15, -0.1) is 0 Å². The summed E-state index contributed by atoms with van der Waals surface area (Å²) in [5.41, 5.74) is 2.53. The Bertz CT molecular complexity index is 439. The van der Waals surface area contributed by atoms with E-state index in [0.29, 0.717) is 12.4 Å². The Labute approximate surface area is 101 Å². The predicted octanol–water partition coefficient (Wildman–Crippen LogP) is 2.15. The number of rotatable bonds is 5. The van der Waals surface area contributed by atoms with E-state index in [0.717, 1.165) is 16.8 Å². The highest BCUT2D eigenvalue weighted by molar-refractivity contribution is 5.92. The molecule has 0 aliphatic heterocycles. The second-order valence-electron chi connectivity index (χ2n) is 3.69. The zero-order valence-corrected chi connectivity index (χ0v) is 10.6. The van der Waals surface area contributed by atoms with Gasteiger partial charge in [0.1, 0.15) is 5.75 Å². The first kappa shape index (κ1) is 13.4. The molecule has 0 bridgehead atoms. The molecule has 17 heavy (non-hydrogen) atoms. The van der Waals surface area contributed by atoms with E-state index in [-0.39, 0.29) is 5.78 Å². The summed E-state index contributed by atoms with van der Waals surface area (Å²) in [5.74, 6) is 0.668. The Morgan fingerprint density at radius 1 is 1.47 bits per heavy atom. The van der Waals surface area contributed by atoms with Crippen molar-refractivity contribution in [2.45, 2.75) is 20.5 Å². The average Bonchev–Trinajstić information content (AvgIpc) is 2.29. The van der Waals surface area contributed by atoms with Gasteiger partial charge >= 0.3 is 0 Å². The van der Waals surface area contributed by atoms with E-state index < -0.39 is 0 Å². The van der Waals surface area contributed by atoms with Crippen LogP contribution < -0.4 is 4.74 Å². The number of ether oxygens (including phenoxy) is 2. The van der Waals surface area contributed by atoms with Crippen LogP contribution in [0, 0.1) is 6.92 Å². The summed E-state index contributed by atoms with van der Waals surface area (Å²) in [6.45, 7) is 3.80. The van der Waals surface area contributed by atoms with E-state index in [1.807, 2.05) is 6.92 Å². The molecule has 0 aromatic carbocycles. The maximum atomic E-state index is 11.0. The molecule has 0 fully saturated rings. The molecule has 4 heteroatoms. The van der Waals surface area contributed by atoms with Gasteiger partial charge in [0.25, 0.3) is 0 Å². The lowest BCUT2D eigenvalue weighted by atomic mass is 10.1. The van der Waals surface area contributed by atoms with Crippen LogP contribution >= 0.6 is 0 Å². The Kier molecular flexibility index (Phi) is 4.84. The van der Waals surface area contributed by atoms with Gasteiger partial charge in [0.15, 0.2) is 5.78 Å². The van der Waals surface area contributed by atoms with Crippen LogP contribution in [0.5, 0.6) is 5.75 Å². The van der Waals surface area contributed by atoms with Crippen LogP contribution in [0.1, 0.15) is 23.7 Å². The molecule has 0 unspecified atom stereocenters. The quantitative estimate of drug-likeness (QED) is 0.734. The fraction of sp³-hybridized carbons (Fsp3) is 0.385. The third kappa shape index (κ3) is 3.39. The summed E-state index contributed by atoms with van der Waals surface area (Å²) in [6.07, 6.45) is 4.99. The summed E-state index contributed by atoms with van der Waals surface area (Å²) in [7, 11) is 3.20. The van der Waals surface area contributed by atoms with Crippen LogP contribution in [0.25, 0.3) is 6.08 Å². The summed E-state index contributed by atoms with van der Waals surface area (Å²) in [5, 5.41) is 0. The third-order valence-electron chi connectivity index (χ3n) is 2.32. The highest BCUT2D eigenvalue weighted by Gasteiger charge is 2.10. The SMILES string of the molecule is COCc1cnc(C)c(OC)c1/C=C/C(C)=O. The second kappa shape index (κ2) is 6.15. The minimum Gasteiger partial charge on any atom is -0.494 e. The average molecular weight is 235 g/mol. The van der Waals surface area contributed by atoms with Crippen molar-refractivity contribution in [3.63, 3.8) is 0 Å². The molecule has 4 nitrogen and oxygen atoms in total. The molecule has 0 saturated carbocycles. The van der Waals surface area contributed by atoms with Gasteiger partial charge in [0.05, 0.1) is 19.4 Å². The molecule has 1 heterocycles. The standard InChI is InChI=1S/C13H17NO3/c1-9(15)5-6-12-11(8-16-3)7-14-10(2)13(12)17-4/h5-7H,8H2,1-4H3/b6-5+. The number of allylic oxidation sites excluding steroid dienone is 1. The maximum Gasteiger partial charge on any atom is 0.152 e. The van der Waals surface area contributed by atoms with E-state index in [2.05, 4.69) is 4.98 Å². The maximum absolute atomic E-state index is 11.0. The van der Waals surface area contributed by atoms with Crippen molar-refractivity contribution >= 4 is 11.9 Å². The molecule has 0 aliphatic carbocycles. The van der Waals surface area contributed by atoms with Crippen molar-refractivity contribution in [2.75, 3.05) is 14.2 Å². The van der Waals surface area contributed by atoms with Crippen LogP contribution in [0.15, 0.2) is 12.3 Å². The molecule has 0 aliphatic rings. The molecular formula is C13H17NO3. The fourth-order valence-corrected chi connectivity index (χ4v) is 1.56. The molecule has 1 aromatic rings. The van der Waals surface area contributed by atoms with Crippen LogP contribution in [0.2, 0.25) is 0 Å². The van der Waals surface area contributed by atoms with Gasteiger partial charge < -0.3 is 9.47 Å². The Morgan fingerprint density at radius 3 is 2.71 bits per heavy atom. The number of hydrogen-bond acceptors (Lipinski definition) is 4. The van der Waals surface area contributed by atoms with Gasteiger partial charge in [-0.2, -0.15) is 0 Å². The first-order valence-electron chi connectivity index (χ1n) is 5.30. The van der Waals surface area contributed by atoms with Crippen LogP contribution in [-0.4, -0.2) is 25.0 Å². The van der Waals surface area contributed by atoms with Gasteiger partial charge in [-0.1, -0.05) is 0 Å². The van der Waals surface area contributed by atoms with Crippen LogP contribution in [-0.2, 0) is 16.1 Å². The zero-order chi connectivity index (χ0) is 12.8. The lowest BCUT2D eigenvalue weighted by Crippen LogP contribution is -2.00. The molecule has 1 aromatic heterocycles. The first-order valence-corrected chi connectivity index (χ1v) is 5.30. The van der Waals surface area contributed by atoms with Crippen molar-refractivity contribution in [3.8, 4) is 5.75 Å². The molecule has 1 rings (SSSR count). The highest BCUT2D eigenvalue weighted by Crippen LogP contribution is 2.26. The number of pyridine rings is 1. The number of nitrogens with zero attached hydrogens (tertiary/aromatic N) is 1. The van der Waals surface area contributed by atoms with Crippen molar-refractivity contribution < 1.29 is 14.3 Å². The van der Waals surface area contributed by atoms with Gasteiger partial charge in [-0.05, 0) is 26.0 Å².